The van der Waals surface area contributed by atoms with Crippen molar-refractivity contribution < 1.29 is 17.9 Å². The molecule has 0 aliphatic carbocycles. The third-order valence-electron chi connectivity index (χ3n) is 3.69. The molecular formula is C16H19ClFN3O3S. The van der Waals surface area contributed by atoms with Crippen LogP contribution in [0, 0.1) is 5.82 Å². The third-order valence-corrected chi connectivity index (χ3v) is 5.79. The summed E-state index contributed by atoms with van der Waals surface area (Å²) < 4.78 is 38.2. The van der Waals surface area contributed by atoms with Gasteiger partial charge in [-0.1, -0.05) is 13.8 Å². The van der Waals surface area contributed by atoms with E-state index in [1.165, 1.54) is 31.3 Å². The minimum Gasteiger partial charge on any atom is -0.392 e. The molecule has 136 valence electrons. The van der Waals surface area contributed by atoms with E-state index in [2.05, 4.69) is 9.97 Å². The number of benzene rings is 1. The number of anilines is 1. The standard InChI is InChI=1S/C16H19ClFN3O3S/c1-10(2)14-13(8-22)15(11-4-6-12(18)7-5-11)20-16(19-14)21(3)25(23,24)9-17/h4-7,10,22H,8-9H2,1-3H3. The Morgan fingerprint density at radius 1 is 1.24 bits per heavy atom. The first kappa shape index (κ1) is 19.6. The molecule has 1 N–H and O–H groups in total. The van der Waals surface area contributed by atoms with Crippen molar-refractivity contribution in [3.8, 4) is 11.3 Å². The van der Waals surface area contributed by atoms with E-state index in [0.29, 0.717) is 22.5 Å². The van der Waals surface area contributed by atoms with Crippen LogP contribution in [0.25, 0.3) is 11.3 Å². The molecule has 1 aromatic heterocycles. The van der Waals surface area contributed by atoms with Crippen molar-refractivity contribution in [3.63, 3.8) is 0 Å². The van der Waals surface area contributed by atoms with Gasteiger partial charge in [-0.3, -0.25) is 0 Å². The molecule has 0 bridgehead atoms. The zero-order chi connectivity index (χ0) is 18.8. The van der Waals surface area contributed by atoms with Crippen LogP contribution in [-0.2, 0) is 16.6 Å². The lowest BCUT2D eigenvalue weighted by Gasteiger charge is -2.21. The SMILES string of the molecule is CC(C)c1nc(N(C)S(=O)(=O)CCl)nc(-c2ccc(F)cc2)c1CO. The molecule has 0 saturated carbocycles. The topological polar surface area (TPSA) is 83.4 Å². The summed E-state index contributed by atoms with van der Waals surface area (Å²) in [6, 6.07) is 5.57. The molecular weight excluding hydrogens is 369 g/mol. The summed E-state index contributed by atoms with van der Waals surface area (Å²) in [6.45, 7) is 3.41. The second-order valence-electron chi connectivity index (χ2n) is 5.74. The average molecular weight is 388 g/mol. The minimum atomic E-state index is -3.77. The van der Waals surface area contributed by atoms with Crippen molar-refractivity contribution >= 4 is 27.6 Å². The number of aromatic nitrogens is 2. The highest BCUT2D eigenvalue weighted by Crippen LogP contribution is 2.30. The van der Waals surface area contributed by atoms with Crippen LogP contribution < -0.4 is 4.31 Å². The monoisotopic (exact) mass is 387 g/mol. The molecule has 0 spiro atoms. The molecule has 0 unspecified atom stereocenters. The van der Waals surface area contributed by atoms with Crippen molar-refractivity contribution in [2.24, 2.45) is 0 Å². The first-order chi connectivity index (χ1) is 11.7. The van der Waals surface area contributed by atoms with Gasteiger partial charge in [-0.15, -0.1) is 11.6 Å². The Labute approximate surface area is 151 Å². The number of aliphatic hydroxyl groups excluding tert-OH is 1. The summed E-state index contributed by atoms with van der Waals surface area (Å²) in [4.78, 5) is 8.60. The molecule has 0 amide bonds. The summed E-state index contributed by atoms with van der Waals surface area (Å²) in [7, 11) is -2.46. The van der Waals surface area contributed by atoms with E-state index in [0.717, 1.165) is 4.31 Å². The fraction of sp³-hybridized carbons (Fsp3) is 0.375. The zero-order valence-corrected chi connectivity index (χ0v) is 15.6. The van der Waals surface area contributed by atoms with Crippen LogP contribution in [0.2, 0.25) is 0 Å². The molecule has 1 heterocycles. The molecule has 2 rings (SSSR count). The van der Waals surface area contributed by atoms with Crippen LogP contribution in [0.1, 0.15) is 31.0 Å². The Hall–Kier alpha value is -1.77. The van der Waals surface area contributed by atoms with Gasteiger partial charge in [0.1, 0.15) is 11.0 Å². The maximum Gasteiger partial charge on any atom is 0.251 e. The quantitative estimate of drug-likeness (QED) is 0.770. The largest absolute Gasteiger partial charge is 0.392 e. The lowest BCUT2D eigenvalue weighted by molar-refractivity contribution is 0.279. The van der Waals surface area contributed by atoms with E-state index in [-0.39, 0.29) is 18.5 Å². The molecule has 0 aliphatic heterocycles. The van der Waals surface area contributed by atoms with Crippen molar-refractivity contribution in [1.82, 2.24) is 9.97 Å². The molecule has 0 saturated heterocycles. The highest BCUT2D eigenvalue weighted by molar-refractivity contribution is 7.93. The lowest BCUT2D eigenvalue weighted by Crippen LogP contribution is -2.30. The minimum absolute atomic E-state index is 0.0547. The van der Waals surface area contributed by atoms with Gasteiger partial charge >= 0.3 is 0 Å². The second-order valence-corrected chi connectivity index (χ2v) is 8.33. The Kier molecular flexibility index (Phi) is 5.97. The van der Waals surface area contributed by atoms with Crippen LogP contribution in [0.4, 0.5) is 10.3 Å². The summed E-state index contributed by atoms with van der Waals surface area (Å²) in [5.74, 6) is -0.550. The number of halogens is 2. The average Bonchev–Trinajstić information content (AvgIpc) is 2.60. The number of alkyl halides is 1. The first-order valence-electron chi connectivity index (χ1n) is 7.51. The Bertz CT molecular complexity index is 858. The van der Waals surface area contributed by atoms with Crippen LogP contribution in [0.15, 0.2) is 24.3 Å². The lowest BCUT2D eigenvalue weighted by atomic mass is 9.99. The first-order valence-corrected chi connectivity index (χ1v) is 9.65. The predicted octanol–water partition coefficient (Wildman–Crippen LogP) is 2.86. The van der Waals surface area contributed by atoms with E-state index in [4.69, 9.17) is 11.6 Å². The molecule has 9 heteroatoms. The maximum absolute atomic E-state index is 13.2. The molecule has 1 aromatic carbocycles. The van der Waals surface area contributed by atoms with Gasteiger partial charge < -0.3 is 5.11 Å². The smallest absolute Gasteiger partial charge is 0.251 e. The third kappa shape index (κ3) is 4.08. The highest BCUT2D eigenvalue weighted by atomic mass is 35.5. The fourth-order valence-electron chi connectivity index (χ4n) is 2.31. The van der Waals surface area contributed by atoms with E-state index in [1.54, 1.807) is 0 Å². The van der Waals surface area contributed by atoms with E-state index in [9.17, 15) is 17.9 Å². The number of rotatable bonds is 6. The molecule has 0 fully saturated rings. The summed E-state index contributed by atoms with van der Waals surface area (Å²) in [5.41, 5.74) is 1.89. The van der Waals surface area contributed by atoms with Gasteiger partial charge in [-0.2, -0.15) is 0 Å². The van der Waals surface area contributed by atoms with Crippen LogP contribution in [-0.4, -0.2) is 35.8 Å². The molecule has 0 aliphatic rings. The van der Waals surface area contributed by atoms with Gasteiger partial charge in [0.25, 0.3) is 10.0 Å². The number of hydrogen-bond donors (Lipinski definition) is 1. The van der Waals surface area contributed by atoms with Crippen LogP contribution >= 0.6 is 11.6 Å². The van der Waals surface area contributed by atoms with Gasteiger partial charge in [0, 0.05) is 18.2 Å². The van der Waals surface area contributed by atoms with Crippen molar-refractivity contribution in [1.29, 1.82) is 0 Å². The van der Waals surface area contributed by atoms with Crippen LogP contribution in [0.3, 0.4) is 0 Å². The Balaban J connectivity index is 2.74. The normalized spacial score (nSPS) is 11.8. The van der Waals surface area contributed by atoms with Crippen molar-refractivity contribution in [2.75, 3.05) is 16.6 Å². The number of aliphatic hydroxyl groups is 1. The number of hydrogen-bond acceptors (Lipinski definition) is 5. The van der Waals surface area contributed by atoms with Gasteiger partial charge in [0.15, 0.2) is 0 Å². The van der Waals surface area contributed by atoms with Crippen molar-refractivity contribution in [2.45, 2.75) is 26.4 Å². The van der Waals surface area contributed by atoms with Gasteiger partial charge in [-0.25, -0.2) is 27.1 Å². The summed E-state index contributed by atoms with van der Waals surface area (Å²) in [6.07, 6.45) is 0. The van der Waals surface area contributed by atoms with Crippen LogP contribution in [0.5, 0.6) is 0 Å². The highest BCUT2D eigenvalue weighted by Gasteiger charge is 2.24. The molecule has 0 atom stereocenters. The van der Waals surface area contributed by atoms with Gasteiger partial charge in [-0.05, 0) is 30.2 Å². The molecule has 6 nitrogen and oxygen atoms in total. The molecule has 2 aromatic rings. The fourth-order valence-corrected chi connectivity index (χ4v) is 3.22. The van der Waals surface area contributed by atoms with Crippen molar-refractivity contribution in [3.05, 3.63) is 41.3 Å². The van der Waals surface area contributed by atoms with Gasteiger partial charge in [0.2, 0.25) is 5.95 Å². The second kappa shape index (κ2) is 7.63. The zero-order valence-electron chi connectivity index (χ0n) is 14.1. The number of nitrogens with zero attached hydrogens (tertiary/aromatic N) is 3. The summed E-state index contributed by atoms with van der Waals surface area (Å²) in [5, 5.41) is 9.18. The predicted molar refractivity (Wildman–Crippen MR) is 95.5 cm³/mol. The maximum atomic E-state index is 13.2. The molecule has 25 heavy (non-hydrogen) atoms. The Morgan fingerprint density at radius 2 is 1.84 bits per heavy atom. The summed E-state index contributed by atoms with van der Waals surface area (Å²) >= 11 is 5.51. The van der Waals surface area contributed by atoms with Gasteiger partial charge in [0.05, 0.1) is 18.0 Å². The van der Waals surface area contributed by atoms with E-state index >= 15 is 0 Å². The molecule has 0 radical (unpaired) electrons. The van der Waals surface area contributed by atoms with E-state index in [1.807, 2.05) is 13.8 Å². The van der Waals surface area contributed by atoms with E-state index < -0.39 is 21.1 Å². The number of sulfonamides is 1. The Morgan fingerprint density at radius 3 is 2.32 bits per heavy atom.